The maximum Gasteiger partial charge on any atom is 1.00 e. The smallest absolute Gasteiger partial charge is 1.00 e. The Morgan fingerprint density at radius 1 is 0.692 bits per heavy atom. The van der Waals surface area contributed by atoms with Crippen LogP contribution in [0.4, 0.5) is 22.0 Å². The Kier molecular flexibility index (Phi) is 4.71. The van der Waals surface area contributed by atoms with Gasteiger partial charge in [-0.1, -0.05) is 0 Å². The standard InChI is InChI=1S/C6HF5S.Na.H/c7-1-2(8)4(10)6(12)5(11)3(1)9;;/h12H;;/q;+1;-1. The van der Waals surface area contributed by atoms with Crippen molar-refractivity contribution in [3.8, 4) is 0 Å². The van der Waals surface area contributed by atoms with Crippen LogP contribution < -0.4 is 29.6 Å². The molecule has 0 aliphatic carbocycles. The first kappa shape index (κ1) is 13.2. The summed E-state index contributed by atoms with van der Waals surface area (Å²) < 4.78 is 61.3. The normalized spacial score (nSPS) is 9.69. The predicted molar refractivity (Wildman–Crippen MR) is 34.6 cm³/mol. The zero-order valence-corrected chi connectivity index (χ0v) is 9.23. The van der Waals surface area contributed by atoms with E-state index in [0.29, 0.717) is 0 Å². The summed E-state index contributed by atoms with van der Waals surface area (Å²) in [4.78, 5) is -1.17. The molecule has 1 rings (SSSR count). The Balaban J connectivity index is 0. The van der Waals surface area contributed by atoms with Crippen LogP contribution in [0.1, 0.15) is 1.43 Å². The molecular weight excluding hydrogens is 222 g/mol. The van der Waals surface area contributed by atoms with Gasteiger partial charge in [0.15, 0.2) is 23.3 Å². The Morgan fingerprint density at radius 3 is 1.23 bits per heavy atom. The second kappa shape index (κ2) is 4.63. The fourth-order valence-corrected chi connectivity index (χ4v) is 0.790. The monoisotopic (exact) mass is 224 g/mol. The summed E-state index contributed by atoms with van der Waals surface area (Å²) >= 11 is 3.10. The predicted octanol–water partition coefficient (Wildman–Crippen LogP) is -0.213. The molecule has 0 bridgehead atoms. The third-order valence-corrected chi connectivity index (χ3v) is 1.58. The molecule has 0 saturated heterocycles. The fraction of sp³-hybridized carbons (Fsp3) is 0. The first-order chi connectivity index (χ1) is 5.46. The molecule has 0 heterocycles. The van der Waals surface area contributed by atoms with Gasteiger partial charge in [-0.2, -0.15) is 0 Å². The third-order valence-electron chi connectivity index (χ3n) is 1.19. The van der Waals surface area contributed by atoms with Crippen molar-refractivity contribution in [2.75, 3.05) is 0 Å². The van der Waals surface area contributed by atoms with E-state index in [2.05, 4.69) is 12.6 Å². The van der Waals surface area contributed by atoms with Crippen LogP contribution in [0.2, 0.25) is 0 Å². The molecule has 13 heavy (non-hydrogen) atoms. The van der Waals surface area contributed by atoms with Crippen molar-refractivity contribution in [3.63, 3.8) is 0 Å². The van der Waals surface area contributed by atoms with Gasteiger partial charge in [-0.3, -0.25) is 0 Å². The van der Waals surface area contributed by atoms with E-state index in [4.69, 9.17) is 0 Å². The summed E-state index contributed by atoms with van der Waals surface area (Å²) in [6, 6.07) is 0. The second-order valence-electron chi connectivity index (χ2n) is 1.92. The van der Waals surface area contributed by atoms with Crippen molar-refractivity contribution >= 4 is 12.6 Å². The molecule has 0 amide bonds. The molecule has 0 aliphatic heterocycles. The van der Waals surface area contributed by atoms with Crippen LogP contribution in [0.15, 0.2) is 4.90 Å². The van der Waals surface area contributed by atoms with E-state index in [0.717, 1.165) is 0 Å². The number of rotatable bonds is 0. The van der Waals surface area contributed by atoms with Gasteiger partial charge < -0.3 is 1.43 Å². The van der Waals surface area contributed by atoms with Gasteiger partial charge in [0.2, 0.25) is 5.82 Å². The molecule has 0 saturated carbocycles. The molecule has 0 aliphatic rings. The maximum atomic E-state index is 12.3. The van der Waals surface area contributed by atoms with Crippen molar-refractivity contribution in [1.29, 1.82) is 0 Å². The summed E-state index contributed by atoms with van der Waals surface area (Å²) in [5, 5.41) is 0. The zero-order valence-electron chi connectivity index (χ0n) is 7.34. The fourth-order valence-electron chi connectivity index (χ4n) is 0.593. The SMILES string of the molecule is Fc1c(F)c(F)c(S)c(F)c1F.[H-].[Na+]. The van der Waals surface area contributed by atoms with Gasteiger partial charge in [0.05, 0.1) is 4.90 Å². The van der Waals surface area contributed by atoms with Crippen molar-refractivity contribution in [2.24, 2.45) is 0 Å². The quantitative estimate of drug-likeness (QED) is 0.203. The number of thiol groups is 1. The van der Waals surface area contributed by atoms with E-state index in [1.807, 2.05) is 0 Å². The van der Waals surface area contributed by atoms with Crippen LogP contribution in [0.3, 0.4) is 0 Å². The molecule has 7 heteroatoms. The van der Waals surface area contributed by atoms with Crippen LogP contribution >= 0.6 is 12.6 Å². The minimum atomic E-state index is -2.18. The number of hydrogen-bond acceptors (Lipinski definition) is 1. The molecule has 1 aromatic rings. The molecule has 0 spiro atoms. The minimum Gasteiger partial charge on any atom is -1.00 e. The first-order valence-electron chi connectivity index (χ1n) is 2.67. The summed E-state index contributed by atoms with van der Waals surface area (Å²) in [6.45, 7) is 0. The Bertz CT molecular complexity index is 240. The first-order valence-corrected chi connectivity index (χ1v) is 3.12. The molecule has 68 valence electrons. The average molecular weight is 224 g/mol. The van der Waals surface area contributed by atoms with Crippen molar-refractivity contribution in [3.05, 3.63) is 29.1 Å². The van der Waals surface area contributed by atoms with Gasteiger partial charge in [0.1, 0.15) is 0 Å². The van der Waals surface area contributed by atoms with E-state index >= 15 is 0 Å². The zero-order chi connectivity index (χ0) is 9.46. The van der Waals surface area contributed by atoms with E-state index in [1.54, 1.807) is 0 Å². The summed E-state index contributed by atoms with van der Waals surface area (Å²) in [5.74, 6) is -10.00. The van der Waals surface area contributed by atoms with E-state index in [-0.39, 0.29) is 31.0 Å². The summed E-state index contributed by atoms with van der Waals surface area (Å²) in [5.41, 5.74) is 0. The summed E-state index contributed by atoms with van der Waals surface area (Å²) in [6.07, 6.45) is 0. The molecule has 0 atom stereocenters. The molecule has 0 N–H and O–H groups in total. The second-order valence-corrected chi connectivity index (χ2v) is 2.37. The van der Waals surface area contributed by atoms with Crippen LogP contribution in [0.25, 0.3) is 0 Å². The Labute approximate surface area is 99.3 Å². The number of hydrogen-bond donors (Lipinski definition) is 1. The Hall–Kier alpha value is 0.220. The third kappa shape index (κ3) is 2.18. The van der Waals surface area contributed by atoms with Gasteiger partial charge in [0.25, 0.3) is 0 Å². The van der Waals surface area contributed by atoms with Crippen LogP contribution in [0, 0.1) is 29.1 Å². The maximum absolute atomic E-state index is 12.3. The number of halogens is 5. The summed E-state index contributed by atoms with van der Waals surface area (Å²) in [7, 11) is 0. The van der Waals surface area contributed by atoms with Gasteiger partial charge in [0, 0.05) is 0 Å². The molecular formula is C6H2F5NaS. The van der Waals surface area contributed by atoms with Crippen LogP contribution in [0.5, 0.6) is 0 Å². The number of benzene rings is 1. The topological polar surface area (TPSA) is 0 Å². The van der Waals surface area contributed by atoms with Crippen LogP contribution in [-0.4, -0.2) is 0 Å². The van der Waals surface area contributed by atoms with Crippen molar-refractivity contribution in [1.82, 2.24) is 0 Å². The van der Waals surface area contributed by atoms with E-state index in [9.17, 15) is 22.0 Å². The Morgan fingerprint density at radius 2 is 0.923 bits per heavy atom. The minimum absolute atomic E-state index is 0. The van der Waals surface area contributed by atoms with Crippen molar-refractivity contribution < 1.29 is 52.9 Å². The van der Waals surface area contributed by atoms with Crippen LogP contribution in [-0.2, 0) is 0 Å². The molecule has 0 radical (unpaired) electrons. The van der Waals surface area contributed by atoms with Gasteiger partial charge >= 0.3 is 29.6 Å². The molecule has 0 nitrogen and oxygen atoms in total. The van der Waals surface area contributed by atoms with Gasteiger partial charge in [-0.25, -0.2) is 22.0 Å². The molecule has 0 aromatic heterocycles. The molecule has 1 aromatic carbocycles. The molecule has 0 unspecified atom stereocenters. The van der Waals surface area contributed by atoms with E-state index < -0.39 is 34.0 Å². The average Bonchev–Trinajstić information content (AvgIpc) is 2.08. The van der Waals surface area contributed by atoms with Gasteiger partial charge in [-0.05, 0) is 0 Å². The van der Waals surface area contributed by atoms with Crippen molar-refractivity contribution in [2.45, 2.75) is 4.90 Å². The van der Waals surface area contributed by atoms with Gasteiger partial charge in [-0.15, -0.1) is 12.6 Å². The molecule has 0 fully saturated rings. The van der Waals surface area contributed by atoms with E-state index in [1.165, 1.54) is 0 Å². The largest absolute Gasteiger partial charge is 1.00 e.